The minimum Gasteiger partial charge on any atom is -0.282 e. The van der Waals surface area contributed by atoms with Gasteiger partial charge in [0.2, 0.25) is 0 Å². The van der Waals surface area contributed by atoms with Gasteiger partial charge in [-0.05, 0) is 18.9 Å². The maximum atomic E-state index is 11.4. The quantitative estimate of drug-likeness (QED) is 0.529. The van der Waals surface area contributed by atoms with Crippen LogP contribution in [0, 0.1) is 0 Å². The number of rotatable bonds is 1. The summed E-state index contributed by atoms with van der Waals surface area (Å²) in [4.78, 5) is -0.119. The standard InChI is InChI=1S/C11H8N2O3S2/c14-18(15,16)10-5-7-6-13(17)12-11(7)9-4-2-1-3-8(9)10/h1-6,17H,(H,14,15,16). The summed E-state index contributed by atoms with van der Waals surface area (Å²) in [6.07, 6.45) is 1.58. The van der Waals surface area contributed by atoms with Gasteiger partial charge >= 0.3 is 0 Å². The maximum absolute atomic E-state index is 11.4. The Balaban J connectivity index is 2.62. The second kappa shape index (κ2) is 3.71. The average molecular weight is 280 g/mol. The molecule has 0 saturated carbocycles. The second-order valence-corrected chi connectivity index (χ2v) is 5.68. The predicted octanol–water partition coefficient (Wildman–Crippen LogP) is 2.13. The molecule has 3 aromatic rings. The van der Waals surface area contributed by atoms with E-state index in [0.717, 1.165) is 0 Å². The van der Waals surface area contributed by atoms with Gasteiger partial charge in [0.05, 0.1) is 0 Å². The van der Waals surface area contributed by atoms with Gasteiger partial charge in [-0.25, -0.2) is 4.09 Å². The van der Waals surface area contributed by atoms with Gasteiger partial charge in [-0.15, -0.1) is 0 Å². The summed E-state index contributed by atoms with van der Waals surface area (Å²) in [6, 6.07) is 8.28. The van der Waals surface area contributed by atoms with E-state index in [-0.39, 0.29) is 4.90 Å². The van der Waals surface area contributed by atoms with Gasteiger partial charge in [0, 0.05) is 22.4 Å². The van der Waals surface area contributed by atoms with Crippen molar-refractivity contribution in [3.8, 4) is 0 Å². The molecule has 0 saturated heterocycles. The third-order valence-electron chi connectivity index (χ3n) is 2.74. The van der Waals surface area contributed by atoms with Crippen LogP contribution in [0.1, 0.15) is 0 Å². The molecule has 92 valence electrons. The number of hydrogen-bond acceptors (Lipinski definition) is 4. The molecule has 1 N–H and O–H groups in total. The Morgan fingerprint density at radius 3 is 2.56 bits per heavy atom. The molecular formula is C11H8N2O3S2. The molecule has 0 aliphatic carbocycles. The fourth-order valence-electron chi connectivity index (χ4n) is 2.03. The summed E-state index contributed by atoms with van der Waals surface area (Å²) in [5.74, 6) is 0. The molecule has 0 atom stereocenters. The molecule has 1 heterocycles. The number of aromatic nitrogens is 2. The lowest BCUT2D eigenvalue weighted by Gasteiger charge is -2.04. The first-order valence-electron chi connectivity index (χ1n) is 5.05. The fourth-order valence-corrected chi connectivity index (χ4v) is 2.97. The highest BCUT2D eigenvalue weighted by Crippen LogP contribution is 2.30. The first-order valence-corrected chi connectivity index (χ1v) is 6.89. The van der Waals surface area contributed by atoms with Gasteiger partial charge in [-0.3, -0.25) is 4.55 Å². The van der Waals surface area contributed by atoms with E-state index in [1.165, 1.54) is 10.2 Å². The Bertz CT molecular complexity index is 869. The minimum atomic E-state index is -4.27. The molecule has 3 rings (SSSR count). The summed E-state index contributed by atoms with van der Waals surface area (Å²) >= 11 is 4.07. The Kier molecular flexibility index (Phi) is 2.37. The zero-order valence-electron chi connectivity index (χ0n) is 8.98. The van der Waals surface area contributed by atoms with Gasteiger partial charge < -0.3 is 0 Å². The van der Waals surface area contributed by atoms with Gasteiger partial charge in [0.25, 0.3) is 10.1 Å². The van der Waals surface area contributed by atoms with E-state index in [1.807, 2.05) is 0 Å². The van der Waals surface area contributed by atoms with Crippen molar-refractivity contribution in [2.75, 3.05) is 0 Å². The van der Waals surface area contributed by atoms with Crippen molar-refractivity contribution in [2.45, 2.75) is 4.90 Å². The van der Waals surface area contributed by atoms with Crippen molar-refractivity contribution in [3.63, 3.8) is 0 Å². The SMILES string of the molecule is O=S(=O)(O)c1cc2cn(S)nc2c2ccccc12. The Labute approximate surface area is 108 Å². The van der Waals surface area contributed by atoms with Crippen LogP contribution in [0.4, 0.5) is 0 Å². The maximum Gasteiger partial charge on any atom is 0.295 e. The molecule has 5 nitrogen and oxygen atoms in total. The average Bonchev–Trinajstić information content (AvgIpc) is 2.67. The highest BCUT2D eigenvalue weighted by molar-refractivity contribution is 7.86. The first-order chi connectivity index (χ1) is 8.47. The van der Waals surface area contributed by atoms with Crippen LogP contribution in [0.25, 0.3) is 21.7 Å². The lowest BCUT2D eigenvalue weighted by molar-refractivity contribution is 0.484. The van der Waals surface area contributed by atoms with Crippen molar-refractivity contribution in [3.05, 3.63) is 36.5 Å². The van der Waals surface area contributed by atoms with E-state index in [2.05, 4.69) is 17.9 Å². The van der Waals surface area contributed by atoms with Gasteiger partial charge in [-0.2, -0.15) is 13.5 Å². The van der Waals surface area contributed by atoms with Crippen molar-refractivity contribution < 1.29 is 13.0 Å². The number of hydrogen-bond donors (Lipinski definition) is 2. The van der Waals surface area contributed by atoms with E-state index in [1.54, 1.807) is 30.5 Å². The molecule has 0 aliphatic rings. The Hall–Kier alpha value is -1.57. The Morgan fingerprint density at radius 2 is 1.89 bits per heavy atom. The third kappa shape index (κ3) is 1.67. The predicted molar refractivity (Wildman–Crippen MR) is 71.4 cm³/mol. The molecule has 0 spiro atoms. The molecule has 1 aromatic heterocycles. The molecule has 0 unspecified atom stereocenters. The normalized spacial score (nSPS) is 12.3. The van der Waals surface area contributed by atoms with E-state index in [9.17, 15) is 13.0 Å². The van der Waals surface area contributed by atoms with Crippen LogP contribution >= 0.6 is 12.8 Å². The van der Waals surface area contributed by atoms with Crippen LogP contribution in [-0.4, -0.2) is 22.2 Å². The van der Waals surface area contributed by atoms with E-state index < -0.39 is 10.1 Å². The second-order valence-electron chi connectivity index (χ2n) is 3.88. The van der Waals surface area contributed by atoms with Crippen LogP contribution in [-0.2, 0) is 10.1 Å². The molecular weight excluding hydrogens is 272 g/mol. The molecule has 0 amide bonds. The zero-order chi connectivity index (χ0) is 12.9. The summed E-state index contributed by atoms with van der Waals surface area (Å²) in [6.45, 7) is 0. The van der Waals surface area contributed by atoms with Crippen LogP contribution < -0.4 is 0 Å². The largest absolute Gasteiger partial charge is 0.295 e. The monoisotopic (exact) mass is 280 g/mol. The molecule has 0 radical (unpaired) electrons. The van der Waals surface area contributed by atoms with E-state index in [4.69, 9.17) is 0 Å². The lowest BCUT2D eigenvalue weighted by Crippen LogP contribution is -1.99. The fraction of sp³-hybridized carbons (Fsp3) is 0. The number of benzene rings is 2. The lowest BCUT2D eigenvalue weighted by atomic mass is 10.1. The summed E-state index contributed by atoms with van der Waals surface area (Å²) in [5.41, 5.74) is 0.646. The molecule has 2 aromatic carbocycles. The summed E-state index contributed by atoms with van der Waals surface area (Å²) in [7, 11) is -4.27. The highest BCUT2D eigenvalue weighted by atomic mass is 32.2. The van der Waals surface area contributed by atoms with E-state index in [0.29, 0.717) is 21.7 Å². The minimum absolute atomic E-state index is 0.119. The van der Waals surface area contributed by atoms with Gasteiger partial charge in [0.1, 0.15) is 10.4 Å². The summed E-state index contributed by atoms with van der Waals surface area (Å²) < 4.78 is 33.4. The van der Waals surface area contributed by atoms with Crippen molar-refractivity contribution in [1.29, 1.82) is 0 Å². The third-order valence-corrected chi connectivity index (χ3v) is 3.84. The van der Waals surface area contributed by atoms with Crippen LogP contribution in [0.3, 0.4) is 0 Å². The van der Waals surface area contributed by atoms with Crippen molar-refractivity contribution in [1.82, 2.24) is 9.19 Å². The van der Waals surface area contributed by atoms with Gasteiger partial charge in [-0.1, -0.05) is 24.3 Å². The molecule has 18 heavy (non-hydrogen) atoms. The van der Waals surface area contributed by atoms with Crippen LogP contribution in [0.5, 0.6) is 0 Å². The zero-order valence-corrected chi connectivity index (χ0v) is 10.7. The van der Waals surface area contributed by atoms with Crippen molar-refractivity contribution >= 4 is 44.6 Å². The van der Waals surface area contributed by atoms with E-state index >= 15 is 0 Å². The molecule has 7 heteroatoms. The van der Waals surface area contributed by atoms with Crippen LogP contribution in [0.15, 0.2) is 41.4 Å². The smallest absolute Gasteiger partial charge is 0.282 e. The van der Waals surface area contributed by atoms with Crippen LogP contribution in [0.2, 0.25) is 0 Å². The summed E-state index contributed by atoms with van der Waals surface area (Å²) in [5, 5.41) is 5.88. The van der Waals surface area contributed by atoms with Gasteiger partial charge in [0.15, 0.2) is 0 Å². The number of nitrogens with zero attached hydrogens (tertiary/aromatic N) is 2. The number of fused-ring (bicyclic) bond motifs is 3. The molecule has 0 aliphatic heterocycles. The molecule has 0 fully saturated rings. The van der Waals surface area contributed by atoms with Crippen molar-refractivity contribution in [2.24, 2.45) is 0 Å². The Morgan fingerprint density at radius 1 is 1.22 bits per heavy atom. The number of thiol groups is 1. The molecule has 0 bridgehead atoms. The first kappa shape index (κ1) is 11.5. The topological polar surface area (TPSA) is 72.2 Å². The highest BCUT2D eigenvalue weighted by Gasteiger charge is 2.17.